The molecule has 176 valence electrons. The fourth-order valence-corrected chi connectivity index (χ4v) is 5.96. The summed E-state index contributed by atoms with van der Waals surface area (Å²) in [6.45, 7) is 8.48. The van der Waals surface area contributed by atoms with Crippen molar-refractivity contribution in [2.45, 2.75) is 161 Å². The van der Waals surface area contributed by atoms with E-state index in [4.69, 9.17) is 4.52 Å². The molecule has 0 saturated heterocycles. The molecular weight excluding hydrogens is 379 g/mol. The summed E-state index contributed by atoms with van der Waals surface area (Å²) in [6, 6.07) is 0. The second-order valence-electron chi connectivity index (χ2n) is 8.94. The Bertz CT molecular complexity index is 382. The van der Waals surface area contributed by atoms with E-state index < -0.39 is 7.60 Å². The van der Waals surface area contributed by atoms with Crippen molar-refractivity contribution in [2.24, 2.45) is 0 Å². The molecule has 0 aliphatic carbocycles. The molecule has 0 bridgehead atoms. The number of hydrogen-bond donors (Lipinski definition) is 1. The molecule has 3 nitrogen and oxygen atoms in total. The van der Waals surface area contributed by atoms with Gasteiger partial charge in [-0.2, -0.15) is 0 Å². The highest BCUT2D eigenvalue weighted by molar-refractivity contribution is 7.53. The monoisotopic (exact) mass is 432 g/mol. The summed E-state index contributed by atoms with van der Waals surface area (Å²) in [7, 11) is -3.51. The molecule has 2 atom stereocenters. The molecule has 0 amide bonds. The Labute approximate surface area is 183 Å². The minimum Gasteiger partial charge on any atom is -0.324 e. The second-order valence-corrected chi connectivity index (χ2v) is 11.0. The molecule has 0 aromatic carbocycles. The molecule has 0 aliphatic heterocycles. The smallest absolute Gasteiger partial charge is 0.324 e. The van der Waals surface area contributed by atoms with Crippen LogP contribution in [0.25, 0.3) is 0 Å². The van der Waals surface area contributed by atoms with Gasteiger partial charge in [-0.15, -0.1) is 0 Å². The fourth-order valence-electron chi connectivity index (χ4n) is 4.05. The lowest BCUT2D eigenvalue weighted by atomic mass is 10.0. The van der Waals surface area contributed by atoms with E-state index >= 15 is 0 Å². The lowest BCUT2D eigenvalue weighted by Gasteiger charge is -2.26. The summed E-state index contributed by atoms with van der Waals surface area (Å²) in [5.74, 6) is 0. The van der Waals surface area contributed by atoms with Crippen LogP contribution in [0.4, 0.5) is 0 Å². The Hall–Kier alpha value is 0.150. The Morgan fingerprint density at radius 1 is 0.621 bits per heavy atom. The van der Waals surface area contributed by atoms with E-state index in [0.717, 1.165) is 44.9 Å². The molecule has 0 saturated carbocycles. The quantitative estimate of drug-likeness (QED) is 0.137. The molecule has 4 heteroatoms. The first-order valence-corrected chi connectivity index (χ1v) is 14.7. The van der Waals surface area contributed by atoms with Crippen LogP contribution in [0, 0.1) is 0 Å². The Balaban J connectivity index is 3.90. The summed E-state index contributed by atoms with van der Waals surface area (Å²) in [5, 5.41) is 0. The zero-order chi connectivity index (χ0) is 21.8. The number of hydrogen-bond acceptors (Lipinski definition) is 2. The Morgan fingerprint density at radius 2 is 1.00 bits per heavy atom. The molecule has 2 unspecified atom stereocenters. The van der Waals surface area contributed by atoms with Gasteiger partial charge < -0.3 is 9.42 Å². The van der Waals surface area contributed by atoms with Crippen molar-refractivity contribution < 1.29 is 14.0 Å². The molecule has 0 aromatic rings. The molecular formula is C25H53O3P. The first kappa shape index (κ1) is 29.1. The average molecular weight is 433 g/mol. The van der Waals surface area contributed by atoms with Crippen molar-refractivity contribution in [3.8, 4) is 0 Å². The number of unbranched alkanes of at least 4 members (excludes halogenated alkanes) is 13. The van der Waals surface area contributed by atoms with E-state index in [2.05, 4.69) is 13.8 Å². The van der Waals surface area contributed by atoms with Crippen LogP contribution in [0.3, 0.4) is 0 Å². The van der Waals surface area contributed by atoms with E-state index in [1.54, 1.807) is 0 Å². The van der Waals surface area contributed by atoms with Gasteiger partial charge in [0.25, 0.3) is 0 Å². The van der Waals surface area contributed by atoms with Crippen molar-refractivity contribution >= 4 is 7.60 Å². The molecule has 1 N–H and O–H groups in total. The molecule has 0 aliphatic rings. The van der Waals surface area contributed by atoms with Crippen LogP contribution in [0.1, 0.15) is 150 Å². The standard InChI is InChI=1S/C25H53O3P/c1-5-9-11-12-13-14-15-16-17-18-19-20-21-23-25(22-10-6-2)29(26,27)28-24(7-3)8-4/h24-25H,5-23H2,1-4H3,(H,26,27). The van der Waals surface area contributed by atoms with Gasteiger partial charge in [-0.3, -0.25) is 4.57 Å². The van der Waals surface area contributed by atoms with E-state index in [-0.39, 0.29) is 11.8 Å². The fraction of sp³-hybridized carbons (Fsp3) is 1.00. The topological polar surface area (TPSA) is 46.5 Å². The van der Waals surface area contributed by atoms with Gasteiger partial charge in [0.1, 0.15) is 0 Å². The van der Waals surface area contributed by atoms with E-state index in [9.17, 15) is 9.46 Å². The van der Waals surface area contributed by atoms with Crippen LogP contribution >= 0.6 is 7.60 Å². The van der Waals surface area contributed by atoms with Crippen molar-refractivity contribution in [3.05, 3.63) is 0 Å². The molecule has 0 radical (unpaired) electrons. The van der Waals surface area contributed by atoms with Crippen LogP contribution in [-0.4, -0.2) is 16.7 Å². The van der Waals surface area contributed by atoms with Gasteiger partial charge in [0.15, 0.2) is 0 Å². The minimum atomic E-state index is -3.51. The Kier molecular flexibility index (Phi) is 20.2. The molecule has 0 aromatic heterocycles. The maximum Gasteiger partial charge on any atom is 0.331 e. The predicted molar refractivity (Wildman–Crippen MR) is 129 cm³/mol. The lowest BCUT2D eigenvalue weighted by Crippen LogP contribution is -2.16. The van der Waals surface area contributed by atoms with Crippen LogP contribution in [0.2, 0.25) is 0 Å². The maximum atomic E-state index is 12.8. The summed E-state index contributed by atoms with van der Waals surface area (Å²) in [4.78, 5) is 10.6. The highest BCUT2D eigenvalue weighted by Gasteiger charge is 2.33. The third kappa shape index (κ3) is 16.5. The highest BCUT2D eigenvalue weighted by Crippen LogP contribution is 2.53. The summed E-state index contributed by atoms with van der Waals surface area (Å²) in [6.07, 6.45) is 22.6. The van der Waals surface area contributed by atoms with Crippen LogP contribution in [-0.2, 0) is 9.09 Å². The van der Waals surface area contributed by atoms with Gasteiger partial charge in [-0.05, 0) is 25.7 Å². The van der Waals surface area contributed by atoms with Gasteiger partial charge in [0.05, 0.1) is 11.8 Å². The third-order valence-corrected chi connectivity index (χ3v) is 8.24. The zero-order valence-corrected chi connectivity index (χ0v) is 21.2. The first-order valence-electron chi connectivity index (χ1n) is 13.0. The van der Waals surface area contributed by atoms with Gasteiger partial charge >= 0.3 is 7.60 Å². The van der Waals surface area contributed by atoms with Crippen LogP contribution in [0.15, 0.2) is 0 Å². The lowest BCUT2D eigenvalue weighted by molar-refractivity contribution is 0.158. The first-order chi connectivity index (χ1) is 14.0. The van der Waals surface area contributed by atoms with Gasteiger partial charge in [-0.1, -0.05) is 124 Å². The second kappa shape index (κ2) is 20.1. The van der Waals surface area contributed by atoms with Gasteiger partial charge in [0, 0.05) is 0 Å². The highest BCUT2D eigenvalue weighted by atomic mass is 31.2. The average Bonchev–Trinajstić information content (AvgIpc) is 2.71. The van der Waals surface area contributed by atoms with Gasteiger partial charge in [0.2, 0.25) is 0 Å². The van der Waals surface area contributed by atoms with Crippen LogP contribution in [0.5, 0.6) is 0 Å². The predicted octanol–water partition coefficient (Wildman–Crippen LogP) is 9.42. The summed E-state index contributed by atoms with van der Waals surface area (Å²) in [5.41, 5.74) is -0.171. The van der Waals surface area contributed by atoms with Crippen molar-refractivity contribution in [3.63, 3.8) is 0 Å². The van der Waals surface area contributed by atoms with E-state index in [0.29, 0.717) is 0 Å². The van der Waals surface area contributed by atoms with E-state index in [1.165, 1.54) is 77.0 Å². The zero-order valence-electron chi connectivity index (χ0n) is 20.3. The maximum absolute atomic E-state index is 12.8. The molecule has 0 rings (SSSR count). The Morgan fingerprint density at radius 3 is 1.41 bits per heavy atom. The van der Waals surface area contributed by atoms with Crippen molar-refractivity contribution in [1.82, 2.24) is 0 Å². The SMILES string of the molecule is CCCCCCCCCCCCCCCC(CCCC)P(=O)(O)OC(CC)CC. The minimum absolute atomic E-state index is 0.0818. The molecule has 29 heavy (non-hydrogen) atoms. The molecule has 0 fully saturated rings. The molecule has 0 spiro atoms. The van der Waals surface area contributed by atoms with Gasteiger partial charge in [-0.25, -0.2) is 0 Å². The van der Waals surface area contributed by atoms with Crippen LogP contribution < -0.4 is 0 Å². The van der Waals surface area contributed by atoms with Crippen molar-refractivity contribution in [2.75, 3.05) is 0 Å². The van der Waals surface area contributed by atoms with E-state index in [1.807, 2.05) is 13.8 Å². The summed E-state index contributed by atoms with van der Waals surface area (Å²) < 4.78 is 18.5. The molecule has 0 heterocycles. The normalized spacial score (nSPS) is 15.0. The van der Waals surface area contributed by atoms with Crippen molar-refractivity contribution in [1.29, 1.82) is 0 Å². The summed E-state index contributed by atoms with van der Waals surface area (Å²) >= 11 is 0. The number of rotatable bonds is 22. The third-order valence-electron chi connectivity index (χ3n) is 6.20. The largest absolute Gasteiger partial charge is 0.331 e.